The maximum Gasteiger partial charge on any atom is 0.313 e. The highest BCUT2D eigenvalue weighted by Crippen LogP contribution is 2.26. The topological polar surface area (TPSA) is 64.6 Å². The molecule has 5 nitrogen and oxygen atoms in total. The van der Waals surface area contributed by atoms with Gasteiger partial charge < -0.3 is 14.8 Å². The third-order valence-corrected chi connectivity index (χ3v) is 3.23. The van der Waals surface area contributed by atoms with Crippen LogP contribution in [0.1, 0.15) is 18.9 Å². The summed E-state index contributed by atoms with van der Waals surface area (Å²) in [4.78, 5) is 23.7. The Hall–Kier alpha value is -2.82. The molecular formula is C19H21NO4. The molecule has 5 heteroatoms. The van der Waals surface area contributed by atoms with Gasteiger partial charge >= 0.3 is 5.97 Å². The van der Waals surface area contributed by atoms with Crippen molar-refractivity contribution < 1.29 is 19.1 Å². The van der Waals surface area contributed by atoms with E-state index in [1.165, 1.54) is 0 Å². The first-order valence-corrected chi connectivity index (χ1v) is 7.92. The molecule has 0 spiro atoms. The van der Waals surface area contributed by atoms with E-state index in [-0.39, 0.29) is 18.9 Å². The fraction of sp³-hybridized carbons (Fsp3) is 0.263. The lowest BCUT2D eigenvalue weighted by atomic mass is 10.1. The summed E-state index contributed by atoms with van der Waals surface area (Å²) < 4.78 is 10.7. The van der Waals surface area contributed by atoms with Crippen molar-refractivity contribution in [3.05, 3.63) is 60.2 Å². The molecule has 0 aliphatic heterocycles. The Kier molecular flexibility index (Phi) is 6.83. The maximum atomic E-state index is 11.9. The molecule has 126 valence electrons. The Morgan fingerprint density at radius 2 is 1.62 bits per heavy atom. The smallest absolute Gasteiger partial charge is 0.313 e. The van der Waals surface area contributed by atoms with Crippen LogP contribution in [-0.2, 0) is 16.0 Å². The molecule has 0 aliphatic rings. The van der Waals surface area contributed by atoms with Crippen LogP contribution in [0.3, 0.4) is 0 Å². The van der Waals surface area contributed by atoms with Crippen LogP contribution in [0.5, 0.6) is 11.5 Å². The standard InChI is InChI=1S/C19H21NO4/c1-2-23-16-10-6-7-11-17(16)24-19(22)12-13-20-18(21)14-15-8-4-3-5-9-15/h3-11H,2,12-14H2,1H3,(H,20,21). The number of para-hydroxylation sites is 2. The Morgan fingerprint density at radius 1 is 0.958 bits per heavy atom. The van der Waals surface area contributed by atoms with E-state index in [0.29, 0.717) is 24.5 Å². The van der Waals surface area contributed by atoms with E-state index in [0.717, 1.165) is 5.56 Å². The summed E-state index contributed by atoms with van der Waals surface area (Å²) >= 11 is 0. The van der Waals surface area contributed by atoms with Crippen molar-refractivity contribution in [2.75, 3.05) is 13.2 Å². The number of rotatable bonds is 8. The fourth-order valence-electron chi connectivity index (χ4n) is 2.13. The molecule has 0 heterocycles. The van der Waals surface area contributed by atoms with E-state index < -0.39 is 5.97 Å². The quantitative estimate of drug-likeness (QED) is 0.598. The molecule has 2 aromatic rings. The van der Waals surface area contributed by atoms with Gasteiger partial charge in [0.25, 0.3) is 0 Å². The van der Waals surface area contributed by atoms with Gasteiger partial charge in [0.1, 0.15) is 0 Å². The van der Waals surface area contributed by atoms with Crippen molar-refractivity contribution in [1.29, 1.82) is 0 Å². The van der Waals surface area contributed by atoms with E-state index in [4.69, 9.17) is 9.47 Å². The highest BCUT2D eigenvalue weighted by molar-refractivity contribution is 5.79. The van der Waals surface area contributed by atoms with Gasteiger partial charge in [-0.05, 0) is 24.6 Å². The third-order valence-electron chi connectivity index (χ3n) is 3.23. The van der Waals surface area contributed by atoms with Gasteiger partial charge in [0.05, 0.1) is 19.4 Å². The zero-order chi connectivity index (χ0) is 17.2. The molecular weight excluding hydrogens is 306 g/mol. The van der Waals surface area contributed by atoms with Gasteiger partial charge in [-0.3, -0.25) is 9.59 Å². The van der Waals surface area contributed by atoms with Gasteiger partial charge in [0, 0.05) is 6.54 Å². The predicted octanol–water partition coefficient (Wildman–Crippen LogP) is 2.74. The molecule has 0 unspecified atom stereocenters. The van der Waals surface area contributed by atoms with Crippen molar-refractivity contribution in [2.24, 2.45) is 0 Å². The number of amides is 1. The zero-order valence-corrected chi connectivity index (χ0v) is 13.7. The number of carbonyl (C=O) groups is 2. The molecule has 0 aromatic heterocycles. The first-order valence-electron chi connectivity index (χ1n) is 7.92. The zero-order valence-electron chi connectivity index (χ0n) is 13.7. The van der Waals surface area contributed by atoms with Crippen molar-refractivity contribution in [2.45, 2.75) is 19.8 Å². The number of nitrogens with one attached hydrogen (secondary N) is 1. The van der Waals surface area contributed by atoms with E-state index in [2.05, 4.69) is 5.32 Å². The molecule has 0 atom stereocenters. The summed E-state index contributed by atoms with van der Waals surface area (Å²) in [5, 5.41) is 2.72. The van der Waals surface area contributed by atoms with Crippen molar-refractivity contribution in [3.8, 4) is 11.5 Å². The minimum Gasteiger partial charge on any atom is -0.490 e. The van der Waals surface area contributed by atoms with E-state index in [1.54, 1.807) is 18.2 Å². The predicted molar refractivity (Wildman–Crippen MR) is 91.0 cm³/mol. The second-order valence-corrected chi connectivity index (χ2v) is 5.12. The molecule has 0 aliphatic carbocycles. The third kappa shape index (κ3) is 5.76. The number of carbonyl (C=O) groups excluding carboxylic acids is 2. The Balaban J connectivity index is 1.74. The van der Waals surface area contributed by atoms with Crippen molar-refractivity contribution >= 4 is 11.9 Å². The van der Waals surface area contributed by atoms with Crippen molar-refractivity contribution in [1.82, 2.24) is 5.32 Å². The highest BCUT2D eigenvalue weighted by Gasteiger charge is 2.10. The van der Waals surface area contributed by atoms with Crippen molar-refractivity contribution in [3.63, 3.8) is 0 Å². The lowest BCUT2D eigenvalue weighted by Gasteiger charge is -2.10. The lowest BCUT2D eigenvalue weighted by Crippen LogP contribution is -2.28. The molecule has 0 radical (unpaired) electrons. The number of esters is 1. The van der Waals surface area contributed by atoms with Crippen LogP contribution >= 0.6 is 0 Å². The van der Waals surface area contributed by atoms with Gasteiger partial charge in [0.2, 0.25) is 5.91 Å². The van der Waals surface area contributed by atoms with Crippen LogP contribution in [-0.4, -0.2) is 25.0 Å². The largest absolute Gasteiger partial charge is 0.490 e. The summed E-state index contributed by atoms with van der Waals surface area (Å²) in [5.74, 6) is 0.382. The van der Waals surface area contributed by atoms with Gasteiger partial charge in [-0.25, -0.2) is 0 Å². The molecule has 2 aromatic carbocycles. The SMILES string of the molecule is CCOc1ccccc1OC(=O)CCNC(=O)Cc1ccccc1. The number of benzene rings is 2. The Bertz CT molecular complexity index is 670. The first-order chi connectivity index (χ1) is 11.7. The normalized spacial score (nSPS) is 10.0. The van der Waals surface area contributed by atoms with Gasteiger partial charge in [-0.15, -0.1) is 0 Å². The maximum absolute atomic E-state index is 11.9. The highest BCUT2D eigenvalue weighted by atomic mass is 16.6. The summed E-state index contributed by atoms with van der Waals surface area (Å²) in [5.41, 5.74) is 0.934. The number of ether oxygens (including phenoxy) is 2. The van der Waals surface area contributed by atoms with E-state index in [9.17, 15) is 9.59 Å². The van der Waals surface area contributed by atoms with Gasteiger partial charge in [0.15, 0.2) is 11.5 Å². The lowest BCUT2D eigenvalue weighted by molar-refractivity contribution is -0.134. The summed E-state index contributed by atoms with van der Waals surface area (Å²) in [6, 6.07) is 16.4. The molecule has 0 saturated carbocycles. The second-order valence-electron chi connectivity index (χ2n) is 5.12. The monoisotopic (exact) mass is 327 g/mol. The van der Waals surface area contributed by atoms with Crippen LogP contribution < -0.4 is 14.8 Å². The number of hydrogen-bond donors (Lipinski definition) is 1. The van der Waals surface area contributed by atoms with E-state index >= 15 is 0 Å². The molecule has 0 saturated heterocycles. The minimum atomic E-state index is -0.415. The molecule has 24 heavy (non-hydrogen) atoms. The Morgan fingerprint density at radius 3 is 2.33 bits per heavy atom. The van der Waals surface area contributed by atoms with Crippen LogP contribution in [0.4, 0.5) is 0 Å². The molecule has 0 fully saturated rings. The fourth-order valence-corrected chi connectivity index (χ4v) is 2.13. The van der Waals surface area contributed by atoms with Crippen LogP contribution in [0.15, 0.2) is 54.6 Å². The average Bonchev–Trinajstić information content (AvgIpc) is 2.58. The molecule has 0 bridgehead atoms. The average molecular weight is 327 g/mol. The summed E-state index contributed by atoms with van der Waals surface area (Å²) in [6.45, 7) is 2.59. The first kappa shape index (κ1) is 17.5. The summed E-state index contributed by atoms with van der Waals surface area (Å²) in [6.07, 6.45) is 0.393. The van der Waals surface area contributed by atoms with Crippen LogP contribution in [0.2, 0.25) is 0 Å². The molecule has 1 N–H and O–H groups in total. The Labute approximate surface area is 141 Å². The van der Waals surface area contributed by atoms with Gasteiger partial charge in [-0.2, -0.15) is 0 Å². The van der Waals surface area contributed by atoms with Crippen LogP contribution in [0, 0.1) is 0 Å². The van der Waals surface area contributed by atoms with Crippen LogP contribution in [0.25, 0.3) is 0 Å². The summed E-state index contributed by atoms with van der Waals surface area (Å²) in [7, 11) is 0. The van der Waals surface area contributed by atoms with Gasteiger partial charge in [-0.1, -0.05) is 42.5 Å². The van der Waals surface area contributed by atoms with E-state index in [1.807, 2.05) is 43.3 Å². The minimum absolute atomic E-state index is 0.0982. The molecule has 1 amide bonds. The second kappa shape index (κ2) is 9.35. The number of hydrogen-bond acceptors (Lipinski definition) is 4. The molecule has 2 rings (SSSR count).